The van der Waals surface area contributed by atoms with Crippen LogP contribution in [0.15, 0.2) is 97.1 Å². The van der Waals surface area contributed by atoms with Gasteiger partial charge in [-0.25, -0.2) is 4.98 Å². The van der Waals surface area contributed by atoms with E-state index in [-0.39, 0.29) is 10.7 Å². The van der Waals surface area contributed by atoms with Gasteiger partial charge in [0.1, 0.15) is 10.8 Å². The first-order valence-corrected chi connectivity index (χ1v) is 10.1. The highest BCUT2D eigenvalue weighted by atomic mass is 35.5. The lowest BCUT2D eigenvalue weighted by Crippen LogP contribution is -2.01. The van der Waals surface area contributed by atoms with Gasteiger partial charge in [0.05, 0.1) is 21.6 Å². The molecule has 4 aromatic carbocycles. The van der Waals surface area contributed by atoms with Gasteiger partial charge in [0.15, 0.2) is 0 Å². The maximum Gasteiger partial charge on any atom is 0.288 e. The molecule has 0 bridgehead atoms. The highest BCUT2D eigenvalue weighted by molar-refractivity contribution is 6.35. The lowest BCUT2D eigenvalue weighted by molar-refractivity contribution is -0.384. The van der Waals surface area contributed by atoms with Crippen LogP contribution in [0.1, 0.15) is 0 Å². The van der Waals surface area contributed by atoms with E-state index < -0.39 is 4.92 Å². The summed E-state index contributed by atoms with van der Waals surface area (Å²) in [5.74, 6) is 0.788. The molecule has 5 nitrogen and oxygen atoms in total. The van der Waals surface area contributed by atoms with Gasteiger partial charge in [0, 0.05) is 22.8 Å². The Hall–Kier alpha value is -3.96. The van der Waals surface area contributed by atoms with Crippen molar-refractivity contribution in [1.29, 1.82) is 0 Å². The van der Waals surface area contributed by atoms with Gasteiger partial charge in [-0.05, 0) is 18.2 Å². The van der Waals surface area contributed by atoms with E-state index in [1.54, 1.807) is 12.1 Å². The molecule has 0 aliphatic carbocycles. The Morgan fingerprint density at radius 3 is 2.26 bits per heavy atom. The molecular weight excluding hydrogens is 410 g/mol. The van der Waals surface area contributed by atoms with Gasteiger partial charge in [-0.1, -0.05) is 84.4 Å². The van der Waals surface area contributed by atoms with Crippen LogP contribution in [0, 0.1) is 10.1 Å². The van der Waals surface area contributed by atoms with Gasteiger partial charge in [0.25, 0.3) is 5.69 Å². The van der Waals surface area contributed by atoms with Crippen molar-refractivity contribution in [3.63, 3.8) is 0 Å². The molecule has 0 atom stereocenters. The van der Waals surface area contributed by atoms with Crippen LogP contribution in [0.4, 0.5) is 5.69 Å². The van der Waals surface area contributed by atoms with E-state index in [1.165, 1.54) is 6.07 Å². The largest absolute Gasteiger partial charge is 0.292 e. The van der Waals surface area contributed by atoms with Gasteiger partial charge >= 0.3 is 0 Å². The van der Waals surface area contributed by atoms with Gasteiger partial charge in [0.2, 0.25) is 0 Å². The maximum absolute atomic E-state index is 11.4. The van der Waals surface area contributed by atoms with Gasteiger partial charge in [-0.15, -0.1) is 0 Å². The van der Waals surface area contributed by atoms with E-state index in [1.807, 2.05) is 78.9 Å². The van der Waals surface area contributed by atoms with Crippen LogP contribution in [0.2, 0.25) is 5.02 Å². The fraction of sp³-hybridized carbons (Fsp3) is 0. The molecule has 0 saturated carbocycles. The maximum atomic E-state index is 11.4. The zero-order chi connectivity index (χ0) is 21.4. The quantitative estimate of drug-likeness (QED) is 0.232. The molecule has 150 valence electrons. The summed E-state index contributed by atoms with van der Waals surface area (Å²) < 4.78 is 2.08. The predicted molar refractivity (Wildman–Crippen MR) is 124 cm³/mol. The average Bonchev–Trinajstić information content (AvgIpc) is 3.19. The molecule has 0 aliphatic heterocycles. The van der Waals surface area contributed by atoms with Gasteiger partial charge in [-0.2, -0.15) is 0 Å². The second kappa shape index (κ2) is 7.70. The standard InChI is InChI=1S/C25H16ClN3O2/c26-24-19(12-8-16-23(24)29(30)31)18-11-4-6-14-21(18)28-22-15-7-5-13-20(22)27-25(28)17-9-2-1-3-10-17/h1-16H. The highest BCUT2D eigenvalue weighted by Gasteiger charge is 2.21. The molecule has 6 heteroatoms. The van der Waals surface area contributed by atoms with Crippen molar-refractivity contribution in [3.05, 3.63) is 112 Å². The average molecular weight is 426 g/mol. The topological polar surface area (TPSA) is 61.0 Å². The number of nitro benzene ring substituents is 1. The number of nitrogens with zero attached hydrogens (tertiary/aromatic N) is 3. The molecule has 0 fully saturated rings. The minimum atomic E-state index is -0.462. The molecule has 0 spiro atoms. The number of para-hydroxylation sites is 3. The summed E-state index contributed by atoms with van der Waals surface area (Å²) in [6.45, 7) is 0. The van der Waals surface area contributed by atoms with Crippen molar-refractivity contribution in [2.45, 2.75) is 0 Å². The second-order valence-electron chi connectivity index (χ2n) is 7.04. The smallest absolute Gasteiger partial charge is 0.288 e. The fourth-order valence-electron chi connectivity index (χ4n) is 3.82. The normalized spacial score (nSPS) is 11.0. The highest BCUT2D eigenvalue weighted by Crippen LogP contribution is 2.39. The van der Waals surface area contributed by atoms with E-state index in [2.05, 4.69) is 4.57 Å². The van der Waals surface area contributed by atoms with Crippen molar-refractivity contribution in [2.75, 3.05) is 0 Å². The third-order valence-electron chi connectivity index (χ3n) is 5.20. The molecule has 5 aromatic rings. The van der Waals surface area contributed by atoms with Crippen molar-refractivity contribution < 1.29 is 4.92 Å². The van der Waals surface area contributed by atoms with Gasteiger partial charge < -0.3 is 0 Å². The van der Waals surface area contributed by atoms with Crippen molar-refractivity contribution in [1.82, 2.24) is 9.55 Å². The minimum absolute atomic E-state index is 0.116. The van der Waals surface area contributed by atoms with E-state index >= 15 is 0 Å². The first-order chi connectivity index (χ1) is 15.1. The van der Waals surface area contributed by atoms with Crippen LogP contribution >= 0.6 is 11.6 Å². The van der Waals surface area contributed by atoms with Crippen molar-refractivity contribution in [2.24, 2.45) is 0 Å². The zero-order valence-electron chi connectivity index (χ0n) is 16.3. The van der Waals surface area contributed by atoms with E-state index in [0.29, 0.717) is 5.56 Å². The summed E-state index contributed by atoms with van der Waals surface area (Å²) in [6.07, 6.45) is 0. The Labute approximate surface area is 183 Å². The number of fused-ring (bicyclic) bond motifs is 1. The Bertz CT molecular complexity index is 1430. The number of rotatable bonds is 4. The molecule has 0 N–H and O–H groups in total. The van der Waals surface area contributed by atoms with Crippen LogP contribution in [0.3, 0.4) is 0 Å². The first kappa shape index (κ1) is 19.0. The summed E-state index contributed by atoms with van der Waals surface area (Å²) in [5.41, 5.74) is 4.89. The summed E-state index contributed by atoms with van der Waals surface area (Å²) >= 11 is 6.48. The molecule has 0 saturated heterocycles. The lowest BCUT2D eigenvalue weighted by atomic mass is 10.0. The SMILES string of the molecule is O=[N+]([O-])c1cccc(-c2ccccc2-n2c(-c3ccccc3)nc3ccccc32)c1Cl. The molecule has 5 rings (SSSR count). The number of halogens is 1. The molecule has 0 amide bonds. The van der Waals surface area contributed by atoms with Gasteiger partial charge in [-0.3, -0.25) is 14.7 Å². The molecular formula is C25H16ClN3O2. The number of hydrogen-bond donors (Lipinski definition) is 0. The monoisotopic (exact) mass is 425 g/mol. The molecule has 1 heterocycles. The van der Waals surface area contributed by atoms with Crippen LogP contribution in [0.5, 0.6) is 0 Å². The predicted octanol–water partition coefficient (Wildman–Crippen LogP) is 6.92. The van der Waals surface area contributed by atoms with E-state index in [9.17, 15) is 10.1 Å². The third-order valence-corrected chi connectivity index (χ3v) is 5.60. The zero-order valence-corrected chi connectivity index (χ0v) is 17.0. The third kappa shape index (κ3) is 3.25. The number of imidazole rings is 1. The summed E-state index contributed by atoms with van der Waals surface area (Å²) in [6, 6.07) is 30.5. The minimum Gasteiger partial charge on any atom is -0.292 e. The molecule has 0 unspecified atom stereocenters. The second-order valence-corrected chi connectivity index (χ2v) is 7.42. The van der Waals surface area contributed by atoms with Crippen molar-refractivity contribution >= 4 is 28.3 Å². The lowest BCUT2D eigenvalue weighted by Gasteiger charge is -2.15. The van der Waals surface area contributed by atoms with Crippen LogP contribution in [0.25, 0.3) is 39.2 Å². The van der Waals surface area contributed by atoms with Crippen molar-refractivity contribution in [3.8, 4) is 28.2 Å². The number of aromatic nitrogens is 2. The van der Waals surface area contributed by atoms with Crippen LogP contribution < -0.4 is 0 Å². The Balaban J connectivity index is 1.84. The molecule has 0 radical (unpaired) electrons. The number of nitro groups is 1. The fourth-order valence-corrected chi connectivity index (χ4v) is 4.11. The van der Waals surface area contributed by atoms with Crippen LogP contribution in [-0.2, 0) is 0 Å². The summed E-state index contributed by atoms with van der Waals surface area (Å²) in [5, 5.41) is 11.6. The Morgan fingerprint density at radius 1 is 0.774 bits per heavy atom. The molecule has 0 aliphatic rings. The Morgan fingerprint density at radius 2 is 1.45 bits per heavy atom. The molecule has 31 heavy (non-hydrogen) atoms. The summed E-state index contributed by atoms with van der Waals surface area (Å²) in [7, 11) is 0. The van der Waals surface area contributed by atoms with E-state index in [4.69, 9.17) is 16.6 Å². The first-order valence-electron chi connectivity index (χ1n) is 9.71. The number of benzene rings is 4. The van der Waals surface area contributed by atoms with E-state index in [0.717, 1.165) is 33.7 Å². The molecule has 1 aromatic heterocycles. The number of hydrogen-bond acceptors (Lipinski definition) is 3. The van der Waals surface area contributed by atoms with Crippen LogP contribution in [-0.4, -0.2) is 14.5 Å². The Kier molecular flexibility index (Phi) is 4.73. The summed E-state index contributed by atoms with van der Waals surface area (Å²) in [4.78, 5) is 15.9.